The van der Waals surface area contributed by atoms with Crippen molar-refractivity contribution in [2.24, 2.45) is 0 Å². The lowest BCUT2D eigenvalue weighted by Gasteiger charge is -2.34. The molecule has 0 aliphatic carbocycles. The Bertz CT molecular complexity index is 1180. The smallest absolute Gasteiger partial charge is 0.243 e. The second-order valence-corrected chi connectivity index (χ2v) is 9.56. The van der Waals surface area contributed by atoms with Crippen molar-refractivity contribution in [3.63, 3.8) is 0 Å². The maximum atomic E-state index is 13.0. The highest BCUT2D eigenvalue weighted by molar-refractivity contribution is 7.89. The van der Waals surface area contributed by atoms with Crippen LogP contribution < -0.4 is 4.90 Å². The molecule has 0 bridgehead atoms. The van der Waals surface area contributed by atoms with Crippen molar-refractivity contribution >= 4 is 15.8 Å². The van der Waals surface area contributed by atoms with Gasteiger partial charge in [0.15, 0.2) is 0 Å². The molecule has 0 N–H and O–H groups in total. The second kappa shape index (κ2) is 7.81. The molecule has 1 aliphatic heterocycles. The Morgan fingerprint density at radius 3 is 2.23 bits per heavy atom. The predicted molar refractivity (Wildman–Crippen MR) is 116 cm³/mol. The first-order chi connectivity index (χ1) is 14.3. The van der Waals surface area contributed by atoms with E-state index in [1.165, 1.54) is 0 Å². The van der Waals surface area contributed by atoms with Crippen molar-refractivity contribution in [2.75, 3.05) is 31.1 Å². The van der Waals surface area contributed by atoms with Crippen LogP contribution in [0.25, 0.3) is 5.82 Å². The standard InChI is InChI=1S/C21H26N6O2S/c1-15-6-5-7-19(12-15)30(28,29)26-10-8-25(9-11-26)20-13-21(24-18(4)23-20)27-14-22-16(2)17(27)3/h5-7,12-14H,8-11H2,1-4H3. The molecule has 0 unspecified atom stereocenters. The minimum absolute atomic E-state index is 0.349. The van der Waals surface area contributed by atoms with Gasteiger partial charge in [-0.2, -0.15) is 4.31 Å². The predicted octanol–water partition coefficient (Wildman–Crippen LogP) is 2.41. The first-order valence-electron chi connectivity index (χ1n) is 9.94. The van der Waals surface area contributed by atoms with Crippen molar-refractivity contribution in [1.82, 2.24) is 23.8 Å². The molecule has 1 fully saturated rings. The molecule has 3 aromatic rings. The highest BCUT2D eigenvalue weighted by atomic mass is 32.2. The van der Waals surface area contributed by atoms with E-state index < -0.39 is 10.0 Å². The molecule has 1 aliphatic rings. The fourth-order valence-corrected chi connectivity index (χ4v) is 5.16. The number of sulfonamides is 1. The van der Waals surface area contributed by atoms with Gasteiger partial charge in [0, 0.05) is 37.9 Å². The first kappa shape index (κ1) is 20.5. The van der Waals surface area contributed by atoms with Gasteiger partial charge in [0.25, 0.3) is 0 Å². The summed E-state index contributed by atoms with van der Waals surface area (Å²) in [4.78, 5) is 16.0. The van der Waals surface area contributed by atoms with Crippen molar-refractivity contribution in [3.05, 3.63) is 59.4 Å². The number of aryl methyl sites for hydroxylation is 3. The van der Waals surface area contributed by atoms with E-state index in [0.717, 1.165) is 28.6 Å². The summed E-state index contributed by atoms with van der Waals surface area (Å²) in [6.45, 7) is 9.71. The van der Waals surface area contributed by atoms with Gasteiger partial charge in [0.05, 0.1) is 10.6 Å². The maximum Gasteiger partial charge on any atom is 0.243 e. The lowest BCUT2D eigenvalue weighted by Crippen LogP contribution is -2.49. The molecule has 3 heterocycles. The normalized spacial score (nSPS) is 15.5. The maximum absolute atomic E-state index is 13.0. The topological polar surface area (TPSA) is 84.2 Å². The number of anilines is 1. The molecular formula is C21H26N6O2S. The molecule has 0 saturated carbocycles. The summed E-state index contributed by atoms with van der Waals surface area (Å²) in [5.74, 6) is 2.24. The van der Waals surface area contributed by atoms with E-state index in [9.17, 15) is 8.42 Å². The molecule has 1 saturated heterocycles. The van der Waals surface area contributed by atoms with Crippen LogP contribution in [-0.4, -0.2) is 58.4 Å². The van der Waals surface area contributed by atoms with Gasteiger partial charge in [0.1, 0.15) is 23.8 Å². The third-order valence-corrected chi connectivity index (χ3v) is 7.39. The van der Waals surface area contributed by atoms with Gasteiger partial charge < -0.3 is 4.90 Å². The summed E-state index contributed by atoms with van der Waals surface area (Å²) in [7, 11) is -3.49. The summed E-state index contributed by atoms with van der Waals surface area (Å²) in [6.07, 6.45) is 1.77. The largest absolute Gasteiger partial charge is 0.354 e. The summed E-state index contributed by atoms with van der Waals surface area (Å²) in [5, 5.41) is 0. The van der Waals surface area contributed by atoms with E-state index in [1.54, 1.807) is 28.8 Å². The number of benzene rings is 1. The lowest BCUT2D eigenvalue weighted by atomic mass is 10.2. The van der Waals surface area contributed by atoms with Gasteiger partial charge in [-0.15, -0.1) is 0 Å². The summed E-state index contributed by atoms with van der Waals surface area (Å²) in [6, 6.07) is 8.99. The monoisotopic (exact) mass is 426 g/mol. The zero-order valence-corrected chi connectivity index (χ0v) is 18.5. The Balaban J connectivity index is 1.54. The average Bonchev–Trinajstić information content (AvgIpc) is 3.06. The van der Waals surface area contributed by atoms with E-state index in [-0.39, 0.29) is 0 Å². The van der Waals surface area contributed by atoms with Crippen molar-refractivity contribution in [1.29, 1.82) is 0 Å². The van der Waals surface area contributed by atoms with Crippen LogP contribution in [0, 0.1) is 27.7 Å². The number of imidazole rings is 1. The minimum atomic E-state index is -3.49. The van der Waals surface area contributed by atoms with Crippen molar-refractivity contribution in [2.45, 2.75) is 32.6 Å². The minimum Gasteiger partial charge on any atom is -0.354 e. The number of aromatic nitrogens is 4. The van der Waals surface area contributed by atoms with E-state index in [4.69, 9.17) is 0 Å². The molecule has 0 atom stereocenters. The number of rotatable bonds is 4. The highest BCUT2D eigenvalue weighted by Gasteiger charge is 2.29. The Morgan fingerprint density at radius 2 is 1.60 bits per heavy atom. The van der Waals surface area contributed by atoms with E-state index in [2.05, 4.69) is 19.9 Å². The molecule has 4 rings (SSSR count). The van der Waals surface area contributed by atoms with Gasteiger partial charge in [0.2, 0.25) is 10.0 Å². The van der Waals surface area contributed by atoms with Crippen LogP contribution >= 0.6 is 0 Å². The Morgan fingerprint density at radius 1 is 0.900 bits per heavy atom. The Kier molecular flexibility index (Phi) is 5.33. The average molecular weight is 427 g/mol. The third-order valence-electron chi connectivity index (χ3n) is 5.50. The number of hydrogen-bond acceptors (Lipinski definition) is 6. The first-order valence-corrected chi connectivity index (χ1v) is 11.4. The summed E-state index contributed by atoms with van der Waals surface area (Å²) < 4.78 is 29.5. The molecule has 8 nitrogen and oxygen atoms in total. The zero-order valence-electron chi connectivity index (χ0n) is 17.7. The fraction of sp³-hybridized carbons (Fsp3) is 0.381. The molecule has 30 heavy (non-hydrogen) atoms. The fourth-order valence-electron chi connectivity index (χ4n) is 3.63. The zero-order chi connectivity index (χ0) is 21.5. The molecule has 2 aromatic heterocycles. The van der Waals surface area contributed by atoms with Crippen LogP contribution in [0.4, 0.5) is 5.82 Å². The Labute approximate surface area is 177 Å². The van der Waals surface area contributed by atoms with Gasteiger partial charge in [-0.25, -0.2) is 23.4 Å². The third kappa shape index (κ3) is 3.82. The number of hydrogen-bond donors (Lipinski definition) is 0. The quantitative estimate of drug-likeness (QED) is 0.637. The number of nitrogens with zero attached hydrogens (tertiary/aromatic N) is 6. The van der Waals surface area contributed by atoms with Crippen molar-refractivity contribution < 1.29 is 8.42 Å². The molecule has 0 radical (unpaired) electrons. The molecule has 0 amide bonds. The van der Waals surface area contributed by atoms with E-state index in [1.807, 2.05) is 44.4 Å². The van der Waals surface area contributed by atoms with Gasteiger partial charge in [-0.3, -0.25) is 4.57 Å². The Hall–Kier alpha value is -2.78. The van der Waals surface area contributed by atoms with Gasteiger partial charge >= 0.3 is 0 Å². The SMILES string of the molecule is Cc1cccc(S(=O)(=O)N2CCN(c3cc(-n4cnc(C)c4C)nc(C)n3)CC2)c1. The molecule has 0 spiro atoms. The van der Waals surface area contributed by atoms with Crippen LogP contribution in [0.5, 0.6) is 0 Å². The van der Waals surface area contributed by atoms with Gasteiger partial charge in [-0.05, 0) is 45.4 Å². The molecular weight excluding hydrogens is 400 g/mol. The number of piperazine rings is 1. The highest BCUT2D eigenvalue weighted by Crippen LogP contribution is 2.22. The van der Waals surface area contributed by atoms with Crippen LogP contribution in [0.1, 0.15) is 22.8 Å². The lowest BCUT2D eigenvalue weighted by molar-refractivity contribution is 0.383. The van der Waals surface area contributed by atoms with Crippen LogP contribution in [0.15, 0.2) is 41.6 Å². The molecule has 158 valence electrons. The summed E-state index contributed by atoms with van der Waals surface area (Å²) in [5.41, 5.74) is 2.93. The summed E-state index contributed by atoms with van der Waals surface area (Å²) >= 11 is 0. The van der Waals surface area contributed by atoms with E-state index in [0.29, 0.717) is 36.9 Å². The van der Waals surface area contributed by atoms with E-state index >= 15 is 0 Å². The molecule has 1 aromatic carbocycles. The van der Waals surface area contributed by atoms with Crippen molar-refractivity contribution in [3.8, 4) is 5.82 Å². The van der Waals surface area contributed by atoms with Crippen LogP contribution in [-0.2, 0) is 10.0 Å². The van der Waals surface area contributed by atoms with Crippen LogP contribution in [0.2, 0.25) is 0 Å². The second-order valence-electron chi connectivity index (χ2n) is 7.62. The molecule has 9 heteroatoms. The van der Waals surface area contributed by atoms with Gasteiger partial charge in [-0.1, -0.05) is 12.1 Å². The van der Waals surface area contributed by atoms with Crippen LogP contribution in [0.3, 0.4) is 0 Å².